The molecule has 160 valence electrons. The molecule has 0 N–H and O–H groups in total. The van der Waals surface area contributed by atoms with Crippen LogP contribution in [0.3, 0.4) is 0 Å². The normalized spacial score (nSPS) is 14.5. The Labute approximate surface area is 182 Å². The predicted octanol–water partition coefficient (Wildman–Crippen LogP) is 5.70. The van der Waals surface area contributed by atoms with E-state index in [4.69, 9.17) is 32.7 Å². The van der Waals surface area contributed by atoms with Crippen LogP contribution in [0.1, 0.15) is 40.0 Å². The van der Waals surface area contributed by atoms with E-state index in [1.165, 1.54) is 7.11 Å². The lowest BCUT2D eigenvalue weighted by atomic mass is 9.96. The maximum absolute atomic E-state index is 12.3. The molecule has 5 nitrogen and oxygen atoms in total. The number of hydrogen-bond donors (Lipinski definition) is 0. The molecule has 1 rings (SSSR count). The van der Waals surface area contributed by atoms with Crippen LogP contribution in [0.5, 0.6) is 5.75 Å². The van der Waals surface area contributed by atoms with Crippen molar-refractivity contribution >= 4 is 35.1 Å². The second-order valence-electron chi connectivity index (χ2n) is 6.96. The summed E-state index contributed by atoms with van der Waals surface area (Å²) in [5.41, 5.74) is 0.0230. The lowest BCUT2D eigenvalue weighted by Gasteiger charge is -2.21. The molecule has 1 aromatic rings. The van der Waals surface area contributed by atoms with Gasteiger partial charge in [-0.15, -0.1) is 0 Å². The zero-order chi connectivity index (χ0) is 22.0. The van der Waals surface area contributed by atoms with Gasteiger partial charge in [0, 0.05) is 10.6 Å². The molecule has 3 unspecified atom stereocenters. The third kappa shape index (κ3) is 9.37. The van der Waals surface area contributed by atoms with Crippen molar-refractivity contribution in [3.8, 4) is 5.75 Å². The average Bonchev–Trinajstić information content (AvgIpc) is 2.69. The maximum atomic E-state index is 12.3. The summed E-state index contributed by atoms with van der Waals surface area (Å²) in [5.74, 6) is -0.310. The Morgan fingerprint density at radius 1 is 1.17 bits per heavy atom. The van der Waals surface area contributed by atoms with E-state index in [-0.39, 0.29) is 11.9 Å². The summed E-state index contributed by atoms with van der Waals surface area (Å²) < 4.78 is 15.6. The molecule has 0 amide bonds. The van der Waals surface area contributed by atoms with Crippen LogP contribution >= 0.6 is 23.2 Å². The van der Waals surface area contributed by atoms with E-state index in [1.54, 1.807) is 38.1 Å². The summed E-state index contributed by atoms with van der Waals surface area (Å²) in [4.78, 5) is 23.7. The minimum atomic E-state index is -1.28. The Kier molecular flexibility index (Phi) is 10.8. The Balaban J connectivity index is 2.55. The molecular weight excluding hydrogens is 415 g/mol. The zero-order valence-electron chi connectivity index (χ0n) is 17.2. The van der Waals surface area contributed by atoms with Gasteiger partial charge in [-0.1, -0.05) is 42.8 Å². The van der Waals surface area contributed by atoms with Crippen LogP contribution in [-0.4, -0.2) is 30.7 Å². The van der Waals surface area contributed by atoms with Gasteiger partial charge in [0.1, 0.15) is 11.9 Å². The SMILES string of the molecule is C=C(C)C(CCC(C)CC=C(C)C(=O)OC)OC(=O)C(Cl)Oc1ccc(Cl)cc1. The van der Waals surface area contributed by atoms with Gasteiger partial charge in [0.25, 0.3) is 5.56 Å². The van der Waals surface area contributed by atoms with Crippen molar-refractivity contribution in [1.29, 1.82) is 0 Å². The number of benzene rings is 1. The largest absolute Gasteiger partial charge is 0.466 e. The van der Waals surface area contributed by atoms with Gasteiger partial charge in [-0.2, -0.15) is 0 Å². The maximum Gasteiger partial charge on any atom is 0.363 e. The topological polar surface area (TPSA) is 61.8 Å². The van der Waals surface area contributed by atoms with E-state index in [1.807, 2.05) is 6.08 Å². The minimum Gasteiger partial charge on any atom is -0.466 e. The van der Waals surface area contributed by atoms with E-state index >= 15 is 0 Å². The molecule has 0 bridgehead atoms. The van der Waals surface area contributed by atoms with Gasteiger partial charge in [0.2, 0.25) is 0 Å². The van der Waals surface area contributed by atoms with Crippen LogP contribution < -0.4 is 4.74 Å². The fraction of sp³-hybridized carbons (Fsp3) is 0.455. The molecular formula is C22H28Cl2O5. The highest BCUT2D eigenvalue weighted by Crippen LogP contribution is 2.22. The van der Waals surface area contributed by atoms with Crippen molar-refractivity contribution in [2.75, 3.05) is 7.11 Å². The second-order valence-corrected chi connectivity index (χ2v) is 7.79. The zero-order valence-corrected chi connectivity index (χ0v) is 18.8. The molecule has 0 fully saturated rings. The van der Waals surface area contributed by atoms with Crippen molar-refractivity contribution in [2.24, 2.45) is 5.92 Å². The molecule has 0 radical (unpaired) electrons. The molecule has 1 aromatic carbocycles. The molecule has 0 aliphatic rings. The molecule has 3 atom stereocenters. The van der Waals surface area contributed by atoms with Gasteiger partial charge in [0.05, 0.1) is 7.11 Å². The Morgan fingerprint density at radius 3 is 2.34 bits per heavy atom. The summed E-state index contributed by atoms with van der Waals surface area (Å²) in [7, 11) is 1.36. The number of carbonyl (C=O) groups is 2. The number of hydrogen-bond acceptors (Lipinski definition) is 5. The number of esters is 2. The van der Waals surface area contributed by atoms with Gasteiger partial charge >= 0.3 is 11.9 Å². The van der Waals surface area contributed by atoms with Crippen molar-refractivity contribution in [3.63, 3.8) is 0 Å². The van der Waals surface area contributed by atoms with Gasteiger partial charge in [0.15, 0.2) is 0 Å². The van der Waals surface area contributed by atoms with Crippen LogP contribution in [0.15, 0.2) is 48.1 Å². The molecule has 0 aliphatic heterocycles. The summed E-state index contributed by atoms with van der Waals surface area (Å²) in [6.07, 6.45) is 3.48. The lowest BCUT2D eigenvalue weighted by molar-refractivity contribution is -0.152. The van der Waals surface area contributed by atoms with Gasteiger partial charge < -0.3 is 14.2 Å². The number of alkyl halides is 1. The number of allylic oxidation sites excluding steroid dienone is 1. The minimum absolute atomic E-state index is 0.285. The van der Waals surface area contributed by atoms with E-state index in [9.17, 15) is 9.59 Å². The quantitative estimate of drug-likeness (QED) is 0.190. The fourth-order valence-electron chi connectivity index (χ4n) is 2.46. The van der Waals surface area contributed by atoms with Gasteiger partial charge in [-0.05, 0) is 68.9 Å². The summed E-state index contributed by atoms with van der Waals surface area (Å²) in [5, 5.41) is 0.555. The molecule has 0 saturated carbocycles. The molecule has 29 heavy (non-hydrogen) atoms. The molecule has 7 heteroatoms. The van der Waals surface area contributed by atoms with Crippen molar-refractivity contribution in [2.45, 2.75) is 51.7 Å². The number of halogens is 2. The van der Waals surface area contributed by atoms with E-state index in [2.05, 4.69) is 18.2 Å². The first-order valence-corrected chi connectivity index (χ1v) is 10.1. The van der Waals surface area contributed by atoms with Gasteiger partial charge in [-0.3, -0.25) is 0 Å². The van der Waals surface area contributed by atoms with E-state index in [0.717, 1.165) is 18.4 Å². The molecule has 0 aliphatic carbocycles. The average molecular weight is 443 g/mol. The fourth-order valence-corrected chi connectivity index (χ4v) is 2.74. The van der Waals surface area contributed by atoms with Crippen LogP contribution in [-0.2, 0) is 19.1 Å². The van der Waals surface area contributed by atoms with Crippen LogP contribution in [0.25, 0.3) is 0 Å². The highest BCUT2D eigenvalue weighted by Gasteiger charge is 2.24. The smallest absolute Gasteiger partial charge is 0.363 e. The van der Waals surface area contributed by atoms with Crippen LogP contribution in [0, 0.1) is 5.92 Å². The van der Waals surface area contributed by atoms with Crippen LogP contribution in [0.2, 0.25) is 5.02 Å². The summed E-state index contributed by atoms with van der Waals surface area (Å²) in [6.45, 7) is 9.48. The molecule has 0 heterocycles. The highest BCUT2D eigenvalue weighted by atomic mass is 35.5. The number of rotatable bonds is 11. The summed E-state index contributed by atoms with van der Waals surface area (Å²) in [6, 6.07) is 6.51. The molecule has 0 aromatic heterocycles. The van der Waals surface area contributed by atoms with E-state index < -0.39 is 17.6 Å². The van der Waals surface area contributed by atoms with Crippen molar-refractivity contribution < 1.29 is 23.8 Å². The Bertz CT molecular complexity index is 727. The lowest BCUT2D eigenvalue weighted by Crippen LogP contribution is -2.29. The Morgan fingerprint density at radius 2 is 1.79 bits per heavy atom. The van der Waals surface area contributed by atoms with E-state index in [0.29, 0.717) is 22.8 Å². The van der Waals surface area contributed by atoms with Crippen molar-refractivity contribution in [3.05, 3.63) is 53.1 Å². The monoisotopic (exact) mass is 442 g/mol. The first kappa shape index (κ1) is 25.1. The van der Waals surface area contributed by atoms with Crippen LogP contribution in [0.4, 0.5) is 0 Å². The molecule has 0 saturated heterocycles. The first-order chi connectivity index (χ1) is 13.6. The predicted molar refractivity (Wildman–Crippen MR) is 115 cm³/mol. The number of carbonyl (C=O) groups excluding carboxylic acids is 2. The standard InChI is InChI=1S/C22H28Cl2O5/c1-14(2)19(13-7-15(3)6-8-16(4)21(25)27-5)29-22(26)20(24)28-18-11-9-17(23)10-12-18/h8-12,15,19-20H,1,6-7,13H2,2-5H3. The third-order valence-corrected chi connectivity index (χ3v) is 4.82. The number of methoxy groups -OCH3 is 1. The molecule has 0 spiro atoms. The third-order valence-electron chi connectivity index (χ3n) is 4.30. The highest BCUT2D eigenvalue weighted by molar-refractivity contribution is 6.30. The Hall–Kier alpha value is -1.98. The number of ether oxygens (including phenoxy) is 3. The first-order valence-electron chi connectivity index (χ1n) is 9.31. The van der Waals surface area contributed by atoms with Gasteiger partial charge in [-0.25, -0.2) is 9.59 Å². The second kappa shape index (κ2) is 12.6. The summed E-state index contributed by atoms with van der Waals surface area (Å²) >= 11 is 11.9. The van der Waals surface area contributed by atoms with Crippen molar-refractivity contribution in [1.82, 2.24) is 0 Å².